The van der Waals surface area contributed by atoms with Gasteiger partial charge >= 0.3 is 0 Å². The zero-order valence-electron chi connectivity index (χ0n) is 18.6. The molecule has 35 heavy (non-hydrogen) atoms. The smallest absolute Gasteiger partial charge is 0.264 e. The van der Waals surface area contributed by atoms with Crippen LogP contribution in [0.5, 0.6) is 0 Å². The molecule has 0 unspecified atom stereocenters. The highest BCUT2D eigenvalue weighted by Crippen LogP contribution is 2.33. The maximum atomic E-state index is 13.7. The number of halogens is 1. The average Bonchev–Trinajstić information content (AvgIpc) is 3.22. The van der Waals surface area contributed by atoms with E-state index in [9.17, 15) is 4.79 Å². The van der Waals surface area contributed by atoms with Crippen molar-refractivity contribution in [3.8, 4) is 5.69 Å². The van der Waals surface area contributed by atoms with Gasteiger partial charge in [-0.3, -0.25) is 9.36 Å². The predicted molar refractivity (Wildman–Crippen MR) is 145 cm³/mol. The maximum Gasteiger partial charge on any atom is 0.264 e. The van der Waals surface area contributed by atoms with E-state index in [1.54, 1.807) is 24.4 Å². The Morgan fingerprint density at radius 1 is 0.857 bits per heavy atom. The second-order valence-corrected chi connectivity index (χ2v) is 8.49. The van der Waals surface area contributed by atoms with Crippen LogP contribution in [0.25, 0.3) is 55.0 Å². The monoisotopic (exact) mass is 474 g/mol. The number of fused-ring (bicyclic) bond motifs is 6. The third-order valence-corrected chi connectivity index (χ3v) is 6.45. The summed E-state index contributed by atoms with van der Waals surface area (Å²) in [4.78, 5) is 22.3. The number of aromatic nitrogens is 4. The van der Waals surface area contributed by atoms with Crippen molar-refractivity contribution in [1.29, 1.82) is 0 Å². The first kappa shape index (κ1) is 21.1. The Morgan fingerprint density at radius 3 is 2.20 bits per heavy atom. The zero-order valence-corrected chi connectivity index (χ0v) is 19.4. The molecule has 0 saturated heterocycles. The summed E-state index contributed by atoms with van der Waals surface area (Å²) in [7, 11) is 0. The van der Waals surface area contributed by atoms with Gasteiger partial charge < -0.3 is 4.57 Å². The van der Waals surface area contributed by atoms with E-state index in [1.165, 1.54) is 15.3 Å². The number of benzene rings is 3. The summed E-state index contributed by atoms with van der Waals surface area (Å²) in [6.07, 6.45) is 6.57. The van der Waals surface area contributed by atoms with Crippen LogP contribution in [0.3, 0.4) is 0 Å². The summed E-state index contributed by atoms with van der Waals surface area (Å²) in [5.41, 5.74) is 3.87. The summed E-state index contributed by atoms with van der Waals surface area (Å²) in [6.45, 7) is 7.61. The first-order valence-corrected chi connectivity index (χ1v) is 11.5. The number of allylic oxidation sites excluding steroid dienone is 4. The molecule has 0 N–H and O–H groups in total. The molecule has 0 amide bonds. The fraction of sp³-hybridized carbons (Fsp3) is 0. The molecule has 3 aromatic heterocycles. The fourth-order valence-corrected chi connectivity index (χ4v) is 4.93. The number of pyridine rings is 1. The number of nitrogens with zero attached hydrogens (tertiary/aromatic N) is 4. The molecular weight excluding hydrogens is 456 g/mol. The minimum Gasteiger partial charge on any atom is -0.309 e. The van der Waals surface area contributed by atoms with Gasteiger partial charge in [-0.25, -0.2) is 4.98 Å². The van der Waals surface area contributed by atoms with Crippen molar-refractivity contribution in [2.75, 3.05) is 0 Å². The lowest BCUT2D eigenvalue weighted by Gasteiger charge is -2.14. The van der Waals surface area contributed by atoms with Gasteiger partial charge in [-0.05, 0) is 54.1 Å². The van der Waals surface area contributed by atoms with Crippen molar-refractivity contribution in [3.63, 3.8) is 0 Å². The van der Waals surface area contributed by atoms with E-state index >= 15 is 0 Å². The molecule has 0 fully saturated rings. The Morgan fingerprint density at radius 2 is 1.54 bits per heavy atom. The Hall–Kier alpha value is -4.48. The van der Waals surface area contributed by atoms with E-state index in [0.29, 0.717) is 22.1 Å². The first-order chi connectivity index (χ1) is 17.1. The van der Waals surface area contributed by atoms with E-state index in [0.717, 1.165) is 22.1 Å². The molecule has 0 saturated carbocycles. The summed E-state index contributed by atoms with van der Waals surface area (Å²) >= 11 is 6.16. The molecule has 6 aromatic rings. The standard InChI is InChI=1S/C29H19ClN4O/c1-3-9-18(4-2)34-27-24(17-31-29(30)32-27)23-16-19(14-15-22(23)28(34)35)33-25-12-7-5-10-20(25)21-11-6-8-13-26(21)33/h3-17H,1-2H2/b18-9+. The van der Waals surface area contributed by atoms with Crippen LogP contribution >= 0.6 is 11.6 Å². The van der Waals surface area contributed by atoms with Gasteiger partial charge in [0.2, 0.25) is 5.28 Å². The van der Waals surface area contributed by atoms with Gasteiger partial charge in [-0.2, -0.15) is 4.98 Å². The number of hydrogen-bond donors (Lipinski definition) is 0. The van der Waals surface area contributed by atoms with Crippen LogP contribution in [-0.4, -0.2) is 19.1 Å². The summed E-state index contributed by atoms with van der Waals surface area (Å²) in [5, 5.41) is 4.41. The minimum absolute atomic E-state index is 0.0607. The third-order valence-electron chi connectivity index (χ3n) is 6.27. The Kier molecular flexibility index (Phi) is 4.87. The van der Waals surface area contributed by atoms with Crippen LogP contribution in [0, 0.1) is 0 Å². The molecule has 6 rings (SSSR count). The Bertz CT molecular complexity index is 1870. The highest BCUT2D eigenvalue weighted by Gasteiger charge is 2.17. The molecule has 0 bridgehead atoms. The zero-order chi connectivity index (χ0) is 24.1. The van der Waals surface area contributed by atoms with Gasteiger partial charge in [0.1, 0.15) is 0 Å². The molecule has 0 spiro atoms. The summed E-state index contributed by atoms with van der Waals surface area (Å²) < 4.78 is 3.71. The van der Waals surface area contributed by atoms with Crippen LogP contribution in [0.4, 0.5) is 0 Å². The van der Waals surface area contributed by atoms with Crippen molar-refractivity contribution in [2.45, 2.75) is 0 Å². The van der Waals surface area contributed by atoms with Gasteiger partial charge in [0.15, 0.2) is 5.65 Å². The summed E-state index contributed by atoms with van der Waals surface area (Å²) in [5.74, 6) is 0. The highest BCUT2D eigenvalue weighted by atomic mass is 35.5. The highest BCUT2D eigenvalue weighted by molar-refractivity contribution is 6.28. The van der Waals surface area contributed by atoms with Crippen LogP contribution in [0.2, 0.25) is 5.28 Å². The molecule has 0 atom stereocenters. The SMILES string of the molecule is C=C/C=C(\C=C)n1c(=O)c2ccc(-n3c4ccccc4c4ccccc43)cc2c2cnc(Cl)nc21. The van der Waals surface area contributed by atoms with Gasteiger partial charge in [0, 0.05) is 38.8 Å². The summed E-state index contributed by atoms with van der Waals surface area (Å²) in [6, 6.07) is 22.5. The van der Waals surface area contributed by atoms with Crippen molar-refractivity contribution in [2.24, 2.45) is 0 Å². The van der Waals surface area contributed by atoms with Crippen LogP contribution in [0.15, 0.2) is 109 Å². The van der Waals surface area contributed by atoms with E-state index in [4.69, 9.17) is 11.6 Å². The normalized spacial score (nSPS) is 12.1. The van der Waals surface area contributed by atoms with Gasteiger partial charge in [0.05, 0.1) is 16.7 Å². The largest absolute Gasteiger partial charge is 0.309 e. The molecule has 0 aliphatic carbocycles. The van der Waals surface area contributed by atoms with Gasteiger partial charge in [-0.1, -0.05) is 55.6 Å². The Labute approximate surface area is 205 Å². The molecule has 0 aliphatic rings. The number of hydrogen-bond acceptors (Lipinski definition) is 3. The van der Waals surface area contributed by atoms with Crippen molar-refractivity contribution < 1.29 is 0 Å². The number of para-hydroxylation sites is 2. The van der Waals surface area contributed by atoms with Crippen molar-refractivity contribution in [3.05, 3.63) is 120 Å². The lowest BCUT2D eigenvalue weighted by Crippen LogP contribution is -2.21. The van der Waals surface area contributed by atoms with Gasteiger partial charge in [-0.15, -0.1) is 0 Å². The molecule has 3 aromatic carbocycles. The van der Waals surface area contributed by atoms with Crippen molar-refractivity contribution in [1.82, 2.24) is 19.1 Å². The first-order valence-electron chi connectivity index (χ1n) is 11.1. The molecule has 0 aliphatic heterocycles. The number of rotatable bonds is 4. The van der Waals surface area contributed by atoms with E-state index in [2.05, 4.69) is 52.0 Å². The minimum atomic E-state index is -0.218. The molecule has 6 heteroatoms. The van der Waals surface area contributed by atoms with Crippen LogP contribution < -0.4 is 5.56 Å². The molecule has 168 valence electrons. The topological polar surface area (TPSA) is 52.7 Å². The third kappa shape index (κ3) is 3.13. The lowest BCUT2D eigenvalue weighted by molar-refractivity contribution is 1.05. The maximum absolute atomic E-state index is 13.7. The predicted octanol–water partition coefficient (Wildman–Crippen LogP) is 6.91. The average molecular weight is 475 g/mol. The van der Waals surface area contributed by atoms with E-state index < -0.39 is 0 Å². The van der Waals surface area contributed by atoms with Crippen LogP contribution in [0.1, 0.15) is 0 Å². The quantitative estimate of drug-likeness (QED) is 0.158. The molecule has 0 radical (unpaired) electrons. The Balaban J connectivity index is 1.75. The molecular formula is C29H19ClN4O. The fourth-order valence-electron chi connectivity index (χ4n) is 4.80. The molecule has 3 heterocycles. The van der Waals surface area contributed by atoms with Crippen LogP contribution in [-0.2, 0) is 0 Å². The molecule has 5 nitrogen and oxygen atoms in total. The second kappa shape index (κ2) is 8.08. The second-order valence-electron chi connectivity index (χ2n) is 8.15. The van der Waals surface area contributed by atoms with Gasteiger partial charge in [0.25, 0.3) is 5.56 Å². The van der Waals surface area contributed by atoms with E-state index in [1.807, 2.05) is 42.5 Å². The lowest BCUT2D eigenvalue weighted by atomic mass is 10.1. The van der Waals surface area contributed by atoms with E-state index in [-0.39, 0.29) is 10.8 Å². The van der Waals surface area contributed by atoms with Crippen molar-refractivity contribution >= 4 is 60.9 Å².